The molecule has 2 heterocycles. The SMILES string of the molecule is COc1cccc(-c2noc(C3CC4CCCCC4N3)n2)c1.Cl. The monoisotopic (exact) mass is 335 g/mol. The van der Waals surface area contributed by atoms with Crippen molar-refractivity contribution >= 4 is 12.4 Å². The summed E-state index contributed by atoms with van der Waals surface area (Å²) >= 11 is 0. The minimum Gasteiger partial charge on any atom is -0.497 e. The van der Waals surface area contributed by atoms with Crippen LogP contribution < -0.4 is 10.1 Å². The molecule has 1 aliphatic carbocycles. The van der Waals surface area contributed by atoms with E-state index < -0.39 is 0 Å². The van der Waals surface area contributed by atoms with Crippen LogP contribution in [0.2, 0.25) is 0 Å². The number of hydrogen-bond donors (Lipinski definition) is 1. The molecular formula is C17H22ClN3O2. The van der Waals surface area contributed by atoms with E-state index in [-0.39, 0.29) is 18.4 Å². The largest absolute Gasteiger partial charge is 0.497 e. The third kappa shape index (κ3) is 3.21. The van der Waals surface area contributed by atoms with Gasteiger partial charge in [-0.2, -0.15) is 4.98 Å². The van der Waals surface area contributed by atoms with Crippen molar-refractivity contribution in [3.63, 3.8) is 0 Å². The van der Waals surface area contributed by atoms with Crippen LogP contribution in [-0.2, 0) is 0 Å². The van der Waals surface area contributed by atoms with E-state index in [9.17, 15) is 0 Å². The number of ether oxygens (including phenoxy) is 1. The minimum absolute atomic E-state index is 0. The van der Waals surface area contributed by atoms with E-state index in [0.29, 0.717) is 17.8 Å². The lowest BCUT2D eigenvalue weighted by Gasteiger charge is -2.24. The van der Waals surface area contributed by atoms with Crippen molar-refractivity contribution in [1.82, 2.24) is 15.5 Å². The smallest absolute Gasteiger partial charge is 0.244 e. The fourth-order valence-corrected chi connectivity index (χ4v) is 3.77. The van der Waals surface area contributed by atoms with E-state index >= 15 is 0 Å². The zero-order valence-electron chi connectivity index (χ0n) is 13.2. The Kier molecular flexibility index (Phi) is 4.87. The van der Waals surface area contributed by atoms with Crippen LogP contribution in [0, 0.1) is 5.92 Å². The lowest BCUT2D eigenvalue weighted by atomic mass is 9.85. The second-order valence-electron chi connectivity index (χ2n) is 6.29. The van der Waals surface area contributed by atoms with Crippen LogP contribution in [-0.4, -0.2) is 23.3 Å². The first kappa shape index (κ1) is 16.3. The maximum absolute atomic E-state index is 5.52. The molecule has 4 rings (SSSR count). The quantitative estimate of drug-likeness (QED) is 0.925. The molecule has 1 aromatic heterocycles. The van der Waals surface area contributed by atoms with Gasteiger partial charge in [0.2, 0.25) is 11.7 Å². The number of rotatable bonds is 3. The van der Waals surface area contributed by atoms with Crippen LogP contribution in [0.25, 0.3) is 11.4 Å². The Hall–Kier alpha value is -1.59. The Morgan fingerprint density at radius 1 is 1.26 bits per heavy atom. The average molecular weight is 336 g/mol. The molecule has 3 atom stereocenters. The Balaban J connectivity index is 0.00000156. The van der Waals surface area contributed by atoms with Gasteiger partial charge < -0.3 is 14.6 Å². The molecule has 1 aromatic carbocycles. The highest BCUT2D eigenvalue weighted by atomic mass is 35.5. The van der Waals surface area contributed by atoms with Gasteiger partial charge in [0.1, 0.15) is 5.75 Å². The number of halogens is 1. The highest BCUT2D eigenvalue weighted by molar-refractivity contribution is 5.85. The number of benzene rings is 1. The third-order valence-corrected chi connectivity index (χ3v) is 4.93. The standard InChI is InChI=1S/C17H21N3O2.ClH/c1-21-13-7-4-6-12(9-13)16-19-17(22-20-16)15-10-11-5-2-3-8-14(11)18-15;/h4,6-7,9,11,14-15,18H,2-3,5,8,10H2,1H3;1H. The molecule has 2 aliphatic rings. The van der Waals surface area contributed by atoms with Crippen LogP contribution >= 0.6 is 12.4 Å². The number of fused-ring (bicyclic) bond motifs is 1. The second kappa shape index (κ2) is 6.89. The van der Waals surface area contributed by atoms with Crippen molar-refractivity contribution in [3.8, 4) is 17.1 Å². The van der Waals surface area contributed by atoms with Gasteiger partial charge in [0.25, 0.3) is 0 Å². The predicted octanol–water partition coefficient (Wildman–Crippen LogP) is 3.76. The Morgan fingerprint density at radius 3 is 2.96 bits per heavy atom. The second-order valence-corrected chi connectivity index (χ2v) is 6.29. The third-order valence-electron chi connectivity index (χ3n) is 4.93. The number of nitrogens with zero attached hydrogens (tertiary/aromatic N) is 2. The van der Waals surface area contributed by atoms with Crippen LogP contribution in [0.15, 0.2) is 28.8 Å². The first-order valence-electron chi connectivity index (χ1n) is 8.07. The Labute approximate surface area is 142 Å². The summed E-state index contributed by atoms with van der Waals surface area (Å²) in [5.74, 6) is 2.91. The van der Waals surface area contributed by atoms with E-state index in [1.54, 1.807) is 7.11 Å². The molecule has 1 N–H and O–H groups in total. The maximum Gasteiger partial charge on any atom is 0.244 e. The minimum atomic E-state index is 0. The van der Waals surface area contributed by atoms with Gasteiger partial charge in [-0.25, -0.2) is 0 Å². The lowest BCUT2D eigenvalue weighted by Crippen LogP contribution is -2.30. The van der Waals surface area contributed by atoms with Crippen molar-refractivity contribution in [2.45, 2.75) is 44.2 Å². The number of hydrogen-bond acceptors (Lipinski definition) is 5. The van der Waals surface area contributed by atoms with E-state index in [2.05, 4.69) is 15.5 Å². The Morgan fingerprint density at radius 2 is 2.13 bits per heavy atom. The summed E-state index contributed by atoms with van der Waals surface area (Å²) < 4.78 is 10.8. The van der Waals surface area contributed by atoms with E-state index in [1.807, 2.05) is 24.3 Å². The first-order valence-corrected chi connectivity index (χ1v) is 8.07. The Bertz CT molecular complexity index is 647. The summed E-state index contributed by atoms with van der Waals surface area (Å²) in [4.78, 5) is 4.60. The summed E-state index contributed by atoms with van der Waals surface area (Å²) in [7, 11) is 1.66. The molecule has 0 bridgehead atoms. The molecule has 23 heavy (non-hydrogen) atoms. The highest BCUT2D eigenvalue weighted by Gasteiger charge is 2.38. The van der Waals surface area contributed by atoms with Crippen LogP contribution in [0.1, 0.15) is 44.0 Å². The fraction of sp³-hybridized carbons (Fsp3) is 0.529. The fourth-order valence-electron chi connectivity index (χ4n) is 3.77. The predicted molar refractivity (Wildman–Crippen MR) is 89.8 cm³/mol. The van der Waals surface area contributed by atoms with Crippen molar-refractivity contribution in [2.24, 2.45) is 5.92 Å². The molecule has 3 unspecified atom stereocenters. The van der Waals surface area contributed by atoms with Gasteiger partial charge in [0, 0.05) is 11.6 Å². The van der Waals surface area contributed by atoms with Gasteiger partial charge in [0.05, 0.1) is 13.2 Å². The number of aromatic nitrogens is 2. The molecular weight excluding hydrogens is 314 g/mol. The molecule has 6 heteroatoms. The summed E-state index contributed by atoms with van der Waals surface area (Å²) in [6.07, 6.45) is 6.40. The van der Waals surface area contributed by atoms with Gasteiger partial charge in [-0.15, -0.1) is 12.4 Å². The molecule has 0 amide bonds. The average Bonchev–Trinajstić information content (AvgIpc) is 3.21. The highest BCUT2D eigenvalue weighted by Crippen LogP contribution is 2.39. The molecule has 1 saturated heterocycles. The molecule has 1 aliphatic heterocycles. The van der Waals surface area contributed by atoms with Crippen molar-refractivity contribution < 1.29 is 9.26 Å². The van der Waals surface area contributed by atoms with E-state index in [1.165, 1.54) is 25.7 Å². The summed E-state index contributed by atoms with van der Waals surface area (Å²) in [6.45, 7) is 0. The summed E-state index contributed by atoms with van der Waals surface area (Å²) in [5, 5.41) is 7.82. The van der Waals surface area contributed by atoms with Crippen molar-refractivity contribution in [1.29, 1.82) is 0 Å². The van der Waals surface area contributed by atoms with E-state index in [0.717, 1.165) is 23.7 Å². The lowest BCUT2D eigenvalue weighted by molar-refractivity contribution is 0.324. The van der Waals surface area contributed by atoms with Gasteiger partial charge >= 0.3 is 0 Å². The summed E-state index contributed by atoms with van der Waals surface area (Å²) in [6, 6.07) is 8.58. The van der Waals surface area contributed by atoms with Crippen LogP contribution in [0.5, 0.6) is 5.75 Å². The normalized spacial score (nSPS) is 26.4. The first-order chi connectivity index (χ1) is 10.8. The molecule has 2 aromatic rings. The van der Waals surface area contributed by atoms with Gasteiger partial charge in [-0.1, -0.05) is 30.1 Å². The zero-order chi connectivity index (χ0) is 14.9. The molecule has 124 valence electrons. The van der Waals surface area contributed by atoms with Crippen LogP contribution in [0.3, 0.4) is 0 Å². The molecule has 5 nitrogen and oxygen atoms in total. The van der Waals surface area contributed by atoms with Crippen molar-refractivity contribution in [2.75, 3.05) is 7.11 Å². The summed E-state index contributed by atoms with van der Waals surface area (Å²) in [5.41, 5.74) is 0.921. The molecule has 0 spiro atoms. The molecule has 1 saturated carbocycles. The zero-order valence-corrected chi connectivity index (χ0v) is 14.0. The van der Waals surface area contributed by atoms with Gasteiger partial charge in [-0.05, 0) is 37.3 Å². The maximum atomic E-state index is 5.52. The number of nitrogens with one attached hydrogen (secondary N) is 1. The molecule has 2 fully saturated rings. The van der Waals surface area contributed by atoms with Gasteiger partial charge in [-0.3, -0.25) is 0 Å². The molecule has 0 radical (unpaired) electrons. The van der Waals surface area contributed by atoms with Crippen molar-refractivity contribution in [3.05, 3.63) is 30.2 Å². The number of methoxy groups -OCH3 is 1. The van der Waals surface area contributed by atoms with E-state index in [4.69, 9.17) is 9.26 Å². The van der Waals surface area contributed by atoms with Gasteiger partial charge in [0.15, 0.2) is 0 Å². The topological polar surface area (TPSA) is 60.2 Å². The van der Waals surface area contributed by atoms with Crippen LogP contribution in [0.4, 0.5) is 0 Å².